The van der Waals surface area contributed by atoms with Gasteiger partial charge in [0, 0.05) is 28.0 Å². The summed E-state index contributed by atoms with van der Waals surface area (Å²) in [6.07, 6.45) is 4.03. The van der Waals surface area contributed by atoms with E-state index in [-0.39, 0.29) is 11.1 Å². The van der Waals surface area contributed by atoms with Crippen molar-refractivity contribution in [2.75, 3.05) is 5.32 Å². The molecule has 0 bridgehead atoms. The summed E-state index contributed by atoms with van der Waals surface area (Å²) < 4.78 is 1.29. The van der Waals surface area contributed by atoms with Crippen molar-refractivity contribution in [3.8, 4) is 10.6 Å². The average molecular weight is 381 g/mol. The molecule has 1 aliphatic heterocycles. The average Bonchev–Trinajstić information content (AvgIpc) is 2.97. The van der Waals surface area contributed by atoms with Gasteiger partial charge in [0.1, 0.15) is 0 Å². The number of hydrogen-bond donors (Lipinski definition) is 2. The van der Waals surface area contributed by atoms with Crippen molar-refractivity contribution in [3.63, 3.8) is 0 Å². The second-order valence-corrected chi connectivity index (χ2v) is 10.1. The van der Waals surface area contributed by atoms with E-state index >= 15 is 0 Å². The second-order valence-electron chi connectivity index (χ2n) is 9.02. The maximum absolute atomic E-state index is 4.90. The molecule has 0 radical (unpaired) electrons. The van der Waals surface area contributed by atoms with E-state index in [4.69, 9.17) is 4.98 Å². The third kappa shape index (κ3) is 3.99. The molecule has 0 amide bonds. The first-order chi connectivity index (χ1) is 12.7. The van der Waals surface area contributed by atoms with Crippen LogP contribution in [0, 0.1) is 6.92 Å². The Bertz CT molecular complexity index is 924. The van der Waals surface area contributed by atoms with E-state index in [9.17, 15) is 0 Å². The van der Waals surface area contributed by atoms with Gasteiger partial charge in [-0.3, -0.25) is 0 Å². The number of thiophene rings is 1. The first kappa shape index (κ1) is 18.4. The second kappa shape index (κ2) is 6.57. The molecule has 4 rings (SSSR count). The molecule has 3 aromatic rings. The van der Waals surface area contributed by atoms with Crippen LogP contribution in [0.5, 0.6) is 0 Å². The number of piperidine rings is 1. The molecule has 3 heterocycles. The Morgan fingerprint density at radius 2 is 1.81 bits per heavy atom. The predicted molar refractivity (Wildman–Crippen MR) is 116 cm³/mol. The Labute approximate surface area is 165 Å². The van der Waals surface area contributed by atoms with E-state index in [0.29, 0.717) is 6.04 Å². The Hall–Kier alpha value is -1.98. The molecule has 0 spiro atoms. The number of aryl methyl sites for hydroxylation is 1. The van der Waals surface area contributed by atoms with Crippen molar-refractivity contribution in [3.05, 3.63) is 42.1 Å². The molecule has 1 saturated heterocycles. The minimum Gasteiger partial charge on any atom is -0.351 e. The van der Waals surface area contributed by atoms with Crippen LogP contribution in [0.4, 0.5) is 5.95 Å². The molecule has 27 heavy (non-hydrogen) atoms. The molecule has 0 saturated carbocycles. The zero-order valence-electron chi connectivity index (χ0n) is 16.8. The molecule has 4 nitrogen and oxygen atoms in total. The molecule has 1 fully saturated rings. The van der Waals surface area contributed by atoms with Gasteiger partial charge in [-0.25, -0.2) is 9.97 Å². The van der Waals surface area contributed by atoms with E-state index in [1.165, 1.54) is 15.0 Å². The van der Waals surface area contributed by atoms with Crippen LogP contribution in [0.3, 0.4) is 0 Å². The highest BCUT2D eigenvalue weighted by Crippen LogP contribution is 2.35. The number of rotatable bonds is 3. The summed E-state index contributed by atoms with van der Waals surface area (Å²) in [5.74, 6) is 0.728. The van der Waals surface area contributed by atoms with E-state index in [0.717, 1.165) is 30.0 Å². The van der Waals surface area contributed by atoms with Gasteiger partial charge < -0.3 is 10.6 Å². The lowest BCUT2D eigenvalue weighted by Gasteiger charge is -2.46. The molecule has 1 aliphatic rings. The predicted octanol–water partition coefficient (Wildman–Crippen LogP) is 5.39. The van der Waals surface area contributed by atoms with Crippen molar-refractivity contribution >= 4 is 27.4 Å². The topological polar surface area (TPSA) is 49.8 Å². The fraction of sp³-hybridized carbons (Fsp3) is 0.455. The lowest BCUT2D eigenvalue weighted by molar-refractivity contribution is 0.170. The van der Waals surface area contributed by atoms with Gasteiger partial charge in [-0.15, -0.1) is 11.3 Å². The number of nitrogens with zero attached hydrogens (tertiary/aromatic N) is 2. The van der Waals surface area contributed by atoms with Crippen molar-refractivity contribution in [1.29, 1.82) is 0 Å². The fourth-order valence-electron chi connectivity index (χ4n) is 4.47. The lowest BCUT2D eigenvalue weighted by Crippen LogP contribution is -2.60. The highest BCUT2D eigenvalue weighted by Gasteiger charge is 2.37. The maximum Gasteiger partial charge on any atom is 0.223 e. The Morgan fingerprint density at radius 1 is 1.11 bits per heavy atom. The van der Waals surface area contributed by atoms with Gasteiger partial charge in [0.25, 0.3) is 0 Å². The molecule has 5 heteroatoms. The third-order valence-electron chi connectivity index (χ3n) is 5.15. The summed E-state index contributed by atoms with van der Waals surface area (Å²) in [4.78, 5) is 10.7. The summed E-state index contributed by atoms with van der Waals surface area (Å²) in [5, 5.41) is 8.61. The molecule has 0 aliphatic carbocycles. The minimum atomic E-state index is 0.0957. The van der Waals surface area contributed by atoms with Gasteiger partial charge in [0.05, 0.1) is 10.6 Å². The normalized spacial score (nSPS) is 19.3. The van der Waals surface area contributed by atoms with Crippen LogP contribution in [0.2, 0.25) is 0 Å². The fourth-order valence-corrected chi connectivity index (χ4v) is 5.58. The van der Waals surface area contributed by atoms with E-state index in [1.54, 1.807) is 11.3 Å². The molecule has 2 N–H and O–H groups in total. The molecule has 0 unspecified atom stereocenters. The van der Waals surface area contributed by atoms with Gasteiger partial charge in [-0.1, -0.05) is 18.2 Å². The van der Waals surface area contributed by atoms with Crippen LogP contribution in [0.15, 0.2) is 36.5 Å². The van der Waals surface area contributed by atoms with Crippen LogP contribution >= 0.6 is 11.3 Å². The van der Waals surface area contributed by atoms with Gasteiger partial charge in [-0.05, 0) is 70.5 Å². The first-order valence-corrected chi connectivity index (χ1v) is 10.4. The quantitative estimate of drug-likeness (QED) is 0.640. The summed E-state index contributed by atoms with van der Waals surface area (Å²) in [7, 11) is 0. The maximum atomic E-state index is 4.90. The summed E-state index contributed by atoms with van der Waals surface area (Å²) in [6, 6.07) is 11.1. The van der Waals surface area contributed by atoms with E-state index in [1.807, 2.05) is 6.20 Å². The smallest absolute Gasteiger partial charge is 0.223 e. The lowest BCUT2D eigenvalue weighted by atomic mass is 9.80. The molecular formula is C22H28N4S. The molecule has 142 valence electrons. The Balaban J connectivity index is 1.62. The van der Waals surface area contributed by atoms with Crippen molar-refractivity contribution in [1.82, 2.24) is 15.3 Å². The van der Waals surface area contributed by atoms with Crippen LogP contribution < -0.4 is 10.6 Å². The Morgan fingerprint density at radius 3 is 2.52 bits per heavy atom. The van der Waals surface area contributed by atoms with Gasteiger partial charge in [0.15, 0.2) is 0 Å². The number of benzene rings is 1. The third-order valence-corrected chi connectivity index (χ3v) is 6.28. The zero-order chi connectivity index (χ0) is 19.2. The largest absolute Gasteiger partial charge is 0.351 e. The number of anilines is 1. The van der Waals surface area contributed by atoms with Gasteiger partial charge in [-0.2, -0.15) is 0 Å². The summed E-state index contributed by atoms with van der Waals surface area (Å²) >= 11 is 1.79. The minimum absolute atomic E-state index is 0.0957. The highest BCUT2D eigenvalue weighted by atomic mass is 32.1. The number of aromatic nitrogens is 2. The molecule has 2 aromatic heterocycles. The van der Waals surface area contributed by atoms with Crippen molar-refractivity contribution < 1.29 is 0 Å². The standard InChI is InChI=1S/C22H28N4S/c1-14-13-23-20(24-16-11-21(2,3)26-22(4,5)12-16)25-19(14)18-10-15-8-6-7-9-17(15)27-18/h6-10,13,16,26H,11-12H2,1-5H3,(H,23,24,25). The van der Waals surface area contributed by atoms with Gasteiger partial charge in [0.2, 0.25) is 5.95 Å². The summed E-state index contributed by atoms with van der Waals surface area (Å²) in [6.45, 7) is 11.1. The first-order valence-electron chi connectivity index (χ1n) is 9.59. The monoisotopic (exact) mass is 380 g/mol. The van der Waals surface area contributed by atoms with E-state index in [2.05, 4.69) is 80.6 Å². The summed E-state index contributed by atoms with van der Waals surface area (Å²) in [5.41, 5.74) is 2.33. The Kier molecular flexibility index (Phi) is 4.47. The van der Waals surface area contributed by atoms with Crippen molar-refractivity contribution in [2.45, 2.75) is 64.6 Å². The zero-order valence-corrected chi connectivity index (χ0v) is 17.6. The SMILES string of the molecule is Cc1cnc(NC2CC(C)(C)NC(C)(C)C2)nc1-c1cc2ccccc2s1. The van der Waals surface area contributed by atoms with Crippen LogP contribution in [-0.2, 0) is 0 Å². The molecule has 1 aromatic carbocycles. The molecule has 0 atom stereocenters. The van der Waals surface area contributed by atoms with Crippen molar-refractivity contribution in [2.24, 2.45) is 0 Å². The number of hydrogen-bond acceptors (Lipinski definition) is 5. The number of nitrogens with one attached hydrogen (secondary N) is 2. The van der Waals surface area contributed by atoms with Gasteiger partial charge >= 0.3 is 0 Å². The molecular weight excluding hydrogens is 352 g/mol. The van der Waals surface area contributed by atoms with Crippen LogP contribution in [0.25, 0.3) is 20.7 Å². The highest BCUT2D eigenvalue weighted by molar-refractivity contribution is 7.22. The van der Waals surface area contributed by atoms with Crippen LogP contribution in [-0.4, -0.2) is 27.1 Å². The van der Waals surface area contributed by atoms with E-state index < -0.39 is 0 Å². The number of fused-ring (bicyclic) bond motifs is 1. The van der Waals surface area contributed by atoms with Crippen LogP contribution in [0.1, 0.15) is 46.1 Å².